The van der Waals surface area contributed by atoms with Crippen LogP contribution in [0.15, 0.2) is 35.2 Å². The lowest BCUT2D eigenvalue weighted by Crippen LogP contribution is -2.35. The fraction of sp³-hybridized carbons (Fsp3) is 0.250. The highest BCUT2D eigenvalue weighted by Gasteiger charge is 2.29. The number of carbonyl (C=O) groups is 1. The Kier molecular flexibility index (Phi) is 6.32. The third-order valence-corrected chi connectivity index (χ3v) is 6.67. The van der Waals surface area contributed by atoms with Gasteiger partial charge in [-0.3, -0.25) is 4.79 Å². The van der Waals surface area contributed by atoms with Crippen molar-refractivity contribution in [3.8, 4) is 5.75 Å². The molecule has 3 rings (SSSR count). The van der Waals surface area contributed by atoms with Crippen molar-refractivity contribution in [1.29, 1.82) is 0 Å². The second kappa shape index (κ2) is 8.61. The number of amides is 1. The molecule has 1 aliphatic heterocycles. The summed E-state index contributed by atoms with van der Waals surface area (Å²) < 4.78 is 26.8. The lowest BCUT2D eigenvalue weighted by atomic mass is 9.90. The van der Waals surface area contributed by atoms with E-state index in [2.05, 4.69) is 5.32 Å². The van der Waals surface area contributed by atoms with Crippen LogP contribution in [0.1, 0.15) is 16.7 Å². The maximum absolute atomic E-state index is 12.9. The highest BCUT2D eigenvalue weighted by molar-refractivity contribution is 7.89. The first-order valence-electron chi connectivity index (χ1n) is 9.17. The van der Waals surface area contributed by atoms with Crippen molar-refractivity contribution < 1.29 is 28.5 Å². The van der Waals surface area contributed by atoms with Gasteiger partial charge in [0.05, 0.1) is 18.1 Å². The van der Waals surface area contributed by atoms with Crippen LogP contribution in [0, 0.1) is 6.92 Å². The molecule has 0 saturated heterocycles. The first-order valence-corrected chi connectivity index (χ1v) is 10.6. The molecular formula is C20H21BN2O6S. The normalized spacial score (nSPS) is 14.9. The molecule has 2 radical (unpaired) electrons. The topological polar surface area (TPSA) is 127 Å². The summed E-state index contributed by atoms with van der Waals surface area (Å²) in [6, 6.07) is 7.42. The molecule has 1 amide bonds. The number of nitrogens with one attached hydrogen (secondary N) is 1. The highest BCUT2D eigenvalue weighted by Crippen LogP contribution is 2.35. The number of hydrogen-bond acceptors (Lipinski definition) is 6. The number of hydrogen-bond donors (Lipinski definition) is 4. The van der Waals surface area contributed by atoms with Crippen LogP contribution in [0.25, 0.3) is 11.6 Å². The number of sulfonamides is 1. The van der Waals surface area contributed by atoms with Gasteiger partial charge in [-0.1, -0.05) is 11.5 Å². The molecule has 30 heavy (non-hydrogen) atoms. The summed E-state index contributed by atoms with van der Waals surface area (Å²) in [5, 5.41) is 30.8. The molecule has 0 fully saturated rings. The minimum absolute atomic E-state index is 0.0327. The Labute approximate surface area is 175 Å². The average molecular weight is 428 g/mol. The number of benzene rings is 2. The maximum atomic E-state index is 12.9. The standard InChI is InChI=1S/C20H21BN2O6S/c1-12-8-13(10-17(21)19(12)26)9-16-15-11-14(2-3-18(15)22-20(16)27)30(28,29)23(4-6-24)5-7-25/h2-3,8-11,24-26H,4-7H2,1H3,(H,22,27)/b16-9-. The Balaban J connectivity index is 2.07. The van der Waals surface area contributed by atoms with E-state index in [0.717, 1.165) is 4.31 Å². The van der Waals surface area contributed by atoms with Crippen LogP contribution in [0.4, 0.5) is 5.69 Å². The molecule has 0 unspecified atom stereocenters. The van der Waals surface area contributed by atoms with Gasteiger partial charge in [-0.15, -0.1) is 0 Å². The van der Waals surface area contributed by atoms with Gasteiger partial charge in [-0.05, 0) is 48.4 Å². The number of aliphatic hydroxyl groups excluding tert-OH is 2. The molecule has 1 aliphatic rings. The molecule has 156 valence electrons. The van der Waals surface area contributed by atoms with Gasteiger partial charge in [0.15, 0.2) is 0 Å². The molecule has 0 bridgehead atoms. The van der Waals surface area contributed by atoms with E-state index in [4.69, 9.17) is 18.1 Å². The summed E-state index contributed by atoms with van der Waals surface area (Å²) in [5.41, 5.74) is 2.41. The molecule has 10 heteroatoms. The van der Waals surface area contributed by atoms with Gasteiger partial charge in [-0.2, -0.15) is 4.31 Å². The Morgan fingerprint density at radius 2 is 1.80 bits per heavy atom. The van der Waals surface area contributed by atoms with E-state index in [1.165, 1.54) is 24.3 Å². The van der Waals surface area contributed by atoms with E-state index >= 15 is 0 Å². The van der Waals surface area contributed by atoms with Gasteiger partial charge in [-0.25, -0.2) is 8.42 Å². The molecule has 2 aromatic carbocycles. The predicted octanol–water partition coefficient (Wildman–Crippen LogP) is -0.0376. The molecule has 0 aromatic heterocycles. The van der Waals surface area contributed by atoms with E-state index in [-0.39, 0.29) is 34.8 Å². The number of phenolic OH excluding ortho intramolecular Hbond substituents is 1. The van der Waals surface area contributed by atoms with Gasteiger partial charge in [0.25, 0.3) is 5.91 Å². The lowest BCUT2D eigenvalue weighted by Gasteiger charge is -2.20. The van der Waals surface area contributed by atoms with Crippen molar-refractivity contribution in [3.63, 3.8) is 0 Å². The predicted molar refractivity (Wildman–Crippen MR) is 114 cm³/mol. The van der Waals surface area contributed by atoms with Crippen molar-refractivity contribution in [2.75, 3.05) is 31.6 Å². The van der Waals surface area contributed by atoms with E-state index in [0.29, 0.717) is 22.4 Å². The van der Waals surface area contributed by atoms with E-state index in [9.17, 15) is 18.3 Å². The zero-order valence-corrected chi connectivity index (χ0v) is 17.1. The quantitative estimate of drug-likeness (QED) is 0.362. The Morgan fingerprint density at radius 3 is 2.40 bits per heavy atom. The number of anilines is 1. The largest absolute Gasteiger partial charge is 0.508 e. The summed E-state index contributed by atoms with van der Waals surface area (Å²) >= 11 is 0. The van der Waals surface area contributed by atoms with E-state index in [1.54, 1.807) is 19.1 Å². The summed E-state index contributed by atoms with van der Waals surface area (Å²) in [7, 11) is 1.81. The zero-order valence-electron chi connectivity index (χ0n) is 16.3. The number of aromatic hydroxyl groups is 1. The monoisotopic (exact) mass is 428 g/mol. The first-order chi connectivity index (χ1) is 14.2. The number of phenols is 1. The number of fused-ring (bicyclic) bond motifs is 1. The van der Waals surface area contributed by atoms with Crippen LogP contribution >= 0.6 is 0 Å². The minimum Gasteiger partial charge on any atom is -0.508 e. The third-order valence-electron chi connectivity index (χ3n) is 4.77. The molecule has 0 spiro atoms. The van der Waals surface area contributed by atoms with E-state index in [1.807, 2.05) is 0 Å². The molecular weight excluding hydrogens is 407 g/mol. The van der Waals surface area contributed by atoms with E-state index < -0.39 is 29.1 Å². The van der Waals surface area contributed by atoms with Crippen molar-refractivity contribution in [1.82, 2.24) is 4.31 Å². The van der Waals surface area contributed by atoms with Crippen molar-refractivity contribution >= 4 is 46.6 Å². The molecule has 0 atom stereocenters. The average Bonchev–Trinajstić information content (AvgIpc) is 3.00. The lowest BCUT2D eigenvalue weighted by molar-refractivity contribution is -0.110. The maximum Gasteiger partial charge on any atom is 0.256 e. The first kappa shape index (κ1) is 22.0. The van der Waals surface area contributed by atoms with Crippen molar-refractivity contribution in [3.05, 3.63) is 47.0 Å². The number of nitrogens with zero attached hydrogens (tertiary/aromatic N) is 1. The molecule has 0 saturated carbocycles. The number of aliphatic hydroxyl groups is 2. The smallest absolute Gasteiger partial charge is 0.256 e. The fourth-order valence-corrected chi connectivity index (χ4v) is 4.73. The molecule has 2 aromatic rings. The molecule has 0 aliphatic carbocycles. The Bertz CT molecular complexity index is 1100. The second-order valence-electron chi connectivity index (χ2n) is 6.85. The second-order valence-corrected chi connectivity index (χ2v) is 8.78. The van der Waals surface area contributed by atoms with Crippen LogP contribution in [0.2, 0.25) is 0 Å². The van der Waals surface area contributed by atoms with Crippen LogP contribution in [-0.4, -0.2) is 68.1 Å². The third kappa shape index (κ3) is 4.13. The van der Waals surface area contributed by atoms with Gasteiger partial charge in [0.1, 0.15) is 13.6 Å². The van der Waals surface area contributed by atoms with Gasteiger partial charge in [0, 0.05) is 29.9 Å². The van der Waals surface area contributed by atoms with Crippen LogP contribution in [0.3, 0.4) is 0 Å². The molecule has 4 N–H and O–H groups in total. The van der Waals surface area contributed by atoms with Crippen molar-refractivity contribution in [2.45, 2.75) is 11.8 Å². The number of aryl methyl sites for hydroxylation is 1. The van der Waals surface area contributed by atoms with Gasteiger partial charge < -0.3 is 20.6 Å². The summed E-state index contributed by atoms with van der Waals surface area (Å²) in [4.78, 5) is 12.4. The molecule has 8 nitrogen and oxygen atoms in total. The van der Waals surface area contributed by atoms with Crippen LogP contribution in [0.5, 0.6) is 5.75 Å². The number of rotatable bonds is 7. The Morgan fingerprint density at radius 1 is 1.13 bits per heavy atom. The highest BCUT2D eigenvalue weighted by atomic mass is 32.2. The summed E-state index contributed by atoms with van der Waals surface area (Å²) in [5.74, 6) is -0.430. The minimum atomic E-state index is -3.99. The molecule has 1 heterocycles. The van der Waals surface area contributed by atoms with Gasteiger partial charge in [0.2, 0.25) is 10.0 Å². The zero-order chi connectivity index (χ0) is 22.1. The van der Waals surface area contributed by atoms with Gasteiger partial charge >= 0.3 is 0 Å². The van der Waals surface area contributed by atoms with Crippen LogP contribution in [-0.2, 0) is 14.8 Å². The Hall–Kier alpha value is -2.66. The van der Waals surface area contributed by atoms with Crippen LogP contribution < -0.4 is 10.8 Å². The van der Waals surface area contributed by atoms with Crippen molar-refractivity contribution in [2.24, 2.45) is 0 Å². The fourth-order valence-electron chi connectivity index (χ4n) is 3.28. The SMILES string of the molecule is [B]c1cc(/C=C2\C(=O)Nc3ccc(S(=O)(=O)N(CCO)CCO)cc32)cc(C)c1O. The number of carbonyl (C=O) groups excluding carboxylic acids is 1. The summed E-state index contributed by atoms with van der Waals surface area (Å²) in [6.07, 6.45) is 1.57. The summed E-state index contributed by atoms with van der Waals surface area (Å²) in [6.45, 7) is 0.573.